The SMILES string of the molecule is CCN=C1/C(=C\N)Cc2nn(C)nc2-c2ccc(F)cc2[C@@H](C)Oc2cc1cnc2NC=O. The van der Waals surface area contributed by atoms with Crippen molar-refractivity contribution < 1.29 is 13.9 Å². The zero-order chi connectivity index (χ0) is 23.5. The number of nitrogens with zero attached hydrogens (tertiary/aromatic N) is 5. The van der Waals surface area contributed by atoms with Crippen molar-refractivity contribution in [2.45, 2.75) is 26.4 Å². The molecule has 3 N–H and O–H groups in total. The van der Waals surface area contributed by atoms with Crippen molar-refractivity contribution >= 4 is 17.9 Å². The van der Waals surface area contributed by atoms with Gasteiger partial charge in [0.15, 0.2) is 11.6 Å². The number of ether oxygens (including phenoxy) is 1. The molecule has 3 aromatic rings. The number of anilines is 1. The maximum atomic E-state index is 14.3. The largest absolute Gasteiger partial charge is 0.482 e. The van der Waals surface area contributed by atoms with Crippen molar-refractivity contribution in [1.29, 1.82) is 0 Å². The molecule has 2 bridgehead atoms. The van der Waals surface area contributed by atoms with Crippen LogP contribution in [0.3, 0.4) is 0 Å². The molecule has 33 heavy (non-hydrogen) atoms. The van der Waals surface area contributed by atoms with Crippen LogP contribution in [0.25, 0.3) is 11.3 Å². The van der Waals surface area contributed by atoms with Crippen LogP contribution in [-0.2, 0) is 18.3 Å². The fraction of sp³-hybridized carbons (Fsp3) is 0.261. The van der Waals surface area contributed by atoms with Gasteiger partial charge in [0, 0.05) is 42.9 Å². The molecule has 1 amide bonds. The molecule has 1 aromatic carbocycles. The number of pyridine rings is 1. The normalized spacial score (nSPS) is 18.0. The van der Waals surface area contributed by atoms with Gasteiger partial charge in [-0.1, -0.05) is 0 Å². The third kappa shape index (κ3) is 4.32. The number of allylic oxidation sites excluding steroid dienone is 1. The van der Waals surface area contributed by atoms with Gasteiger partial charge in [0.1, 0.15) is 17.6 Å². The second-order valence-corrected chi connectivity index (χ2v) is 7.50. The van der Waals surface area contributed by atoms with E-state index in [0.29, 0.717) is 58.9 Å². The highest BCUT2D eigenvalue weighted by Gasteiger charge is 2.25. The Bertz CT molecular complexity index is 1270. The van der Waals surface area contributed by atoms with Crippen LogP contribution in [0.1, 0.15) is 36.8 Å². The summed E-state index contributed by atoms with van der Waals surface area (Å²) in [5, 5.41) is 11.6. The summed E-state index contributed by atoms with van der Waals surface area (Å²) in [6.45, 7) is 4.23. The Labute approximate surface area is 190 Å². The fourth-order valence-corrected chi connectivity index (χ4v) is 3.88. The number of aryl methyl sites for hydroxylation is 1. The third-order valence-electron chi connectivity index (χ3n) is 5.30. The maximum absolute atomic E-state index is 14.3. The number of fused-ring (bicyclic) bond motifs is 5. The van der Waals surface area contributed by atoms with Gasteiger partial charge >= 0.3 is 0 Å². The molecular formula is C23H24FN7O2. The number of aromatic nitrogens is 4. The number of nitrogens with one attached hydrogen (secondary N) is 1. The highest BCUT2D eigenvalue weighted by Crippen LogP contribution is 2.36. The van der Waals surface area contributed by atoms with Gasteiger partial charge < -0.3 is 15.8 Å². The van der Waals surface area contributed by atoms with E-state index in [4.69, 9.17) is 10.5 Å². The topological polar surface area (TPSA) is 120 Å². The Morgan fingerprint density at radius 3 is 2.91 bits per heavy atom. The second-order valence-electron chi connectivity index (χ2n) is 7.50. The molecular weight excluding hydrogens is 425 g/mol. The van der Waals surface area contributed by atoms with Crippen molar-refractivity contribution in [2.24, 2.45) is 17.8 Å². The zero-order valence-electron chi connectivity index (χ0n) is 18.5. The summed E-state index contributed by atoms with van der Waals surface area (Å²) < 4.78 is 20.5. The van der Waals surface area contributed by atoms with E-state index in [2.05, 4.69) is 25.5 Å². The van der Waals surface area contributed by atoms with Crippen LogP contribution in [0.5, 0.6) is 5.75 Å². The fourth-order valence-electron chi connectivity index (χ4n) is 3.88. The number of nitrogens with two attached hydrogens (primary N) is 1. The average molecular weight is 449 g/mol. The van der Waals surface area contributed by atoms with Crippen molar-refractivity contribution in [3.05, 3.63) is 64.9 Å². The van der Waals surface area contributed by atoms with Gasteiger partial charge in [-0.3, -0.25) is 9.79 Å². The van der Waals surface area contributed by atoms with Crippen molar-refractivity contribution in [3.63, 3.8) is 0 Å². The summed E-state index contributed by atoms with van der Waals surface area (Å²) in [5.41, 5.74) is 10.6. The number of hydrogen-bond donors (Lipinski definition) is 2. The molecule has 0 unspecified atom stereocenters. The number of carbonyl (C=O) groups is 1. The number of benzene rings is 1. The predicted octanol–water partition coefficient (Wildman–Crippen LogP) is 2.93. The molecule has 3 heterocycles. The van der Waals surface area contributed by atoms with Crippen molar-refractivity contribution in [2.75, 3.05) is 11.9 Å². The van der Waals surface area contributed by atoms with Crippen LogP contribution >= 0.6 is 0 Å². The van der Waals surface area contributed by atoms with Gasteiger partial charge in [0.25, 0.3) is 0 Å². The molecule has 1 aliphatic rings. The highest BCUT2D eigenvalue weighted by atomic mass is 19.1. The summed E-state index contributed by atoms with van der Waals surface area (Å²) in [6.07, 6.45) is 3.37. The molecule has 10 heteroatoms. The first-order valence-corrected chi connectivity index (χ1v) is 10.5. The highest BCUT2D eigenvalue weighted by molar-refractivity contribution is 6.13. The van der Waals surface area contributed by atoms with Gasteiger partial charge in [-0.15, -0.1) is 0 Å². The molecule has 0 saturated carbocycles. The van der Waals surface area contributed by atoms with Gasteiger partial charge in [-0.25, -0.2) is 9.37 Å². The van der Waals surface area contributed by atoms with Gasteiger partial charge in [-0.2, -0.15) is 15.0 Å². The first-order chi connectivity index (χ1) is 15.9. The van der Waals surface area contributed by atoms with Crippen molar-refractivity contribution in [1.82, 2.24) is 20.0 Å². The monoisotopic (exact) mass is 449 g/mol. The van der Waals surface area contributed by atoms with Crippen LogP contribution in [0.4, 0.5) is 10.2 Å². The number of rotatable bonds is 3. The van der Waals surface area contributed by atoms with Crippen LogP contribution in [0, 0.1) is 5.82 Å². The van der Waals surface area contributed by atoms with E-state index in [0.717, 1.165) is 5.57 Å². The number of amides is 1. The Morgan fingerprint density at radius 1 is 1.36 bits per heavy atom. The molecule has 9 nitrogen and oxygen atoms in total. The average Bonchev–Trinajstić information content (AvgIpc) is 3.16. The van der Waals surface area contributed by atoms with E-state index in [1.54, 1.807) is 32.3 Å². The molecule has 1 atom stereocenters. The third-order valence-corrected chi connectivity index (χ3v) is 5.30. The van der Waals surface area contributed by atoms with E-state index in [9.17, 15) is 9.18 Å². The van der Waals surface area contributed by atoms with Crippen molar-refractivity contribution in [3.8, 4) is 17.0 Å². The predicted molar refractivity (Wildman–Crippen MR) is 122 cm³/mol. The zero-order valence-corrected chi connectivity index (χ0v) is 18.5. The molecule has 170 valence electrons. The molecule has 0 saturated heterocycles. The Morgan fingerprint density at radius 2 is 2.18 bits per heavy atom. The lowest BCUT2D eigenvalue weighted by molar-refractivity contribution is -0.105. The van der Waals surface area contributed by atoms with Gasteiger partial charge in [0.05, 0.1) is 11.4 Å². The molecule has 1 aliphatic heterocycles. The first-order valence-electron chi connectivity index (χ1n) is 10.5. The summed E-state index contributed by atoms with van der Waals surface area (Å²) >= 11 is 0. The van der Waals surface area contributed by atoms with E-state index in [1.807, 2.05) is 6.92 Å². The Kier molecular flexibility index (Phi) is 6.16. The minimum Gasteiger partial charge on any atom is -0.482 e. The van der Waals surface area contributed by atoms with E-state index in [-0.39, 0.29) is 5.82 Å². The van der Waals surface area contributed by atoms with Crippen LogP contribution in [0.15, 0.2) is 47.2 Å². The van der Waals surface area contributed by atoms with Crippen LogP contribution in [-0.4, -0.2) is 38.6 Å². The second kappa shape index (κ2) is 9.19. The lowest BCUT2D eigenvalue weighted by Gasteiger charge is -2.21. The number of carbonyl (C=O) groups excluding carboxylic acids is 1. The Hall–Kier alpha value is -4.08. The molecule has 0 spiro atoms. The quantitative estimate of drug-likeness (QED) is 0.593. The smallest absolute Gasteiger partial charge is 0.212 e. The number of hydrogen-bond acceptors (Lipinski definition) is 7. The summed E-state index contributed by atoms with van der Waals surface area (Å²) in [7, 11) is 1.73. The maximum Gasteiger partial charge on any atom is 0.212 e. The number of aliphatic imine (C=N–C) groups is 1. The Balaban J connectivity index is 2.00. The molecule has 0 aliphatic carbocycles. The summed E-state index contributed by atoms with van der Waals surface area (Å²) in [5.74, 6) is 0.159. The van der Waals surface area contributed by atoms with Crippen LogP contribution in [0.2, 0.25) is 0 Å². The minimum atomic E-state index is -0.592. The molecule has 0 fully saturated rings. The van der Waals surface area contributed by atoms with Gasteiger partial charge in [-0.05, 0) is 49.9 Å². The minimum absolute atomic E-state index is 0.241. The van der Waals surface area contributed by atoms with E-state index < -0.39 is 11.9 Å². The summed E-state index contributed by atoms with van der Waals surface area (Å²) in [6, 6.07) is 6.19. The first kappa shape index (κ1) is 22.1. The number of halogens is 1. The van der Waals surface area contributed by atoms with E-state index in [1.165, 1.54) is 23.1 Å². The summed E-state index contributed by atoms with van der Waals surface area (Å²) in [4.78, 5) is 21.6. The van der Waals surface area contributed by atoms with Gasteiger partial charge in [0.2, 0.25) is 6.41 Å². The lowest BCUT2D eigenvalue weighted by atomic mass is 9.94. The van der Waals surface area contributed by atoms with E-state index >= 15 is 0 Å². The molecule has 4 rings (SSSR count). The standard InChI is InChI=1S/C23H24FN7O2/c1-4-26-21-14(10-25)7-19-22(30-31(3)29-19)17-6-5-16(24)9-18(17)13(2)33-20-8-15(21)11-27-23(20)28-12-32/h5-6,8-13H,4,7,25H2,1-3H3,(H,27,28,32)/b14-10-,26-21?/t13-/m1/s1. The molecule has 0 radical (unpaired) electrons. The van der Waals surface area contributed by atoms with Crippen LogP contribution < -0.4 is 15.8 Å². The lowest BCUT2D eigenvalue weighted by Crippen LogP contribution is -2.15. The molecule has 2 aromatic heterocycles.